The molecule has 0 saturated carbocycles. The number of ether oxygens (including phenoxy) is 2. The predicted octanol–water partition coefficient (Wildman–Crippen LogP) is 3.56. The van der Waals surface area contributed by atoms with Crippen molar-refractivity contribution in [2.45, 2.75) is 46.3 Å². The summed E-state index contributed by atoms with van der Waals surface area (Å²) >= 11 is 6.03. The second-order valence-corrected chi connectivity index (χ2v) is 5.12. The van der Waals surface area contributed by atoms with Gasteiger partial charge in [-0.25, -0.2) is 4.79 Å². The number of carbonyl (C=O) groups excluding carboxylic acids is 1. The quantitative estimate of drug-likeness (QED) is 0.708. The Morgan fingerprint density at radius 3 is 2.71 bits per heavy atom. The molecule has 0 aliphatic heterocycles. The third-order valence-electron chi connectivity index (χ3n) is 2.96. The van der Waals surface area contributed by atoms with Crippen LogP contribution in [-0.4, -0.2) is 25.2 Å². The zero-order valence-corrected chi connectivity index (χ0v) is 13.7. The highest BCUT2D eigenvalue weighted by molar-refractivity contribution is 6.30. The van der Waals surface area contributed by atoms with Gasteiger partial charge in [-0.05, 0) is 38.1 Å². The fourth-order valence-corrected chi connectivity index (χ4v) is 2.13. The van der Waals surface area contributed by atoms with Crippen molar-refractivity contribution in [3.8, 4) is 5.75 Å². The molecule has 1 N–H and O–H groups in total. The average molecular weight is 314 g/mol. The summed E-state index contributed by atoms with van der Waals surface area (Å²) in [5, 5.41) is 3.89. The number of esters is 1. The molecule has 5 heteroatoms. The Morgan fingerprint density at radius 2 is 2.10 bits per heavy atom. The van der Waals surface area contributed by atoms with Crippen molar-refractivity contribution in [3.05, 3.63) is 28.8 Å². The molecule has 0 heterocycles. The molecule has 1 aromatic carbocycles. The van der Waals surface area contributed by atoms with Crippen LogP contribution in [0, 0.1) is 0 Å². The SMILES string of the molecule is CCCC(Oc1ccc(Cl)cc1CNCC)C(=O)OCC. The van der Waals surface area contributed by atoms with Crippen molar-refractivity contribution in [3.63, 3.8) is 0 Å². The Morgan fingerprint density at radius 1 is 1.33 bits per heavy atom. The van der Waals surface area contributed by atoms with Crippen LogP contribution in [0.2, 0.25) is 5.02 Å². The Kier molecular flexibility index (Phi) is 8.16. The van der Waals surface area contributed by atoms with Crippen LogP contribution in [0.15, 0.2) is 18.2 Å². The molecule has 21 heavy (non-hydrogen) atoms. The molecule has 0 aliphatic rings. The molecule has 4 nitrogen and oxygen atoms in total. The molecular formula is C16H24ClNO3. The van der Waals surface area contributed by atoms with Gasteiger partial charge in [-0.2, -0.15) is 0 Å². The lowest BCUT2D eigenvalue weighted by Gasteiger charge is -2.19. The highest BCUT2D eigenvalue weighted by atomic mass is 35.5. The Hall–Kier alpha value is -1.26. The minimum atomic E-state index is -0.573. The smallest absolute Gasteiger partial charge is 0.347 e. The number of nitrogens with one attached hydrogen (secondary N) is 1. The molecule has 1 rings (SSSR count). The van der Waals surface area contributed by atoms with E-state index in [1.807, 2.05) is 19.9 Å². The summed E-state index contributed by atoms with van der Waals surface area (Å²) in [6, 6.07) is 5.42. The van der Waals surface area contributed by atoms with Gasteiger partial charge in [0.05, 0.1) is 6.61 Å². The van der Waals surface area contributed by atoms with Gasteiger partial charge < -0.3 is 14.8 Å². The van der Waals surface area contributed by atoms with Crippen LogP contribution < -0.4 is 10.1 Å². The molecule has 0 spiro atoms. The van der Waals surface area contributed by atoms with Crippen LogP contribution in [0.4, 0.5) is 0 Å². The Bertz CT molecular complexity index is 451. The molecule has 0 saturated heterocycles. The highest BCUT2D eigenvalue weighted by Crippen LogP contribution is 2.25. The summed E-state index contributed by atoms with van der Waals surface area (Å²) in [5.74, 6) is 0.357. The van der Waals surface area contributed by atoms with Crippen LogP contribution in [0.1, 0.15) is 39.2 Å². The number of hydrogen-bond acceptors (Lipinski definition) is 4. The van der Waals surface area contributed by atoms with Gasteiger partial charge in [0.2, 0.25) is 0 Å². The lowest BCUT2D eigenvalue weighted by atomic mass is 10.1. The molecule has 0 amide bonds. The second kappa shape index (κ2) is 9.64. The summed E-state index contributed by atoms with van der Waals surface area (Å²) in [7, 11) is 0. The lowest BCUT2D eigenvalue weighted by Crippen LogP contribution is -2.30. The first-order chi connectivity index (χ1) is 10.1. The van der Waals surface area contributed by atoms with E-state index in [1.54, 1.807) is 19.1 Å². The number of hydrogen-bond donors (Lipinski definition) is 1. The van der Waals surface area contributed by atoms with E-state index in [-0.39, 0.29) is 5.97 Å². The van der Waals surface area contributed by atoms with Crippen LogP contribution in [0.25, 0.3) is 0 Å². The summed E-state index contributed by atoms with van der Waals surface area (Å²) in [4.78, 5) is 11.9. The van der Waals surface area contributed by atoms with Crippen molar-refractivity contribution in [2.24, 2.45) is 0 Å². The fraction of sp³-hybridized carbons (Fsp3) is 0.562. The van der Waals surface area contributed by atoms with Crippen LogP contribution in [0.5, 0.6) is 5.75 Å². The standard InChI is InChI=1S/C16H24ClNO3/c1-4-7-15(16(19)20-6-3)21-14-9-8-13(17)10-12(14)11-18-5-2/h8-10,15,18H,4-7,11H2,1-3H3. The summed E-state index contributed by atoms with van der Waals surface area (Å²) in [5.41, 5.74) is 0.940. The Labute approximate surface area is 131 Å². The number of rotatable bonds is 9. The summed E-state index contributed by atoms with van der Waals surface area (Å²) in [6.07, 6.45) is 0.901. The molecule has 0 bridgehead atoms. The first kappa shape index (κ1) is 17.8. The molecule has 0 fully saturated rings. The first-order valence-electron chi connectivity index (χ1n) is 7.44. The number of benzene rings is 1. The van der Waals surface area contributed by atoms with E-state index in [9.17, 15) is 4.79 Å². The minimum Gasteiger partial charge on any atom is -0.478 e. The van der Waals surface area contributed by atoms with Crippen LogP contribution in [-0.2, 0) is 16.1 Å². The molecule has 0 radical (unpaired) electrons. The van der Waals surface area contributed by atoms with E-state index in [4.69, 9.17) is 21.1 Å². The van der Waals surface area contributed by atoms with Gasteiger partial charge >= 0.3 is 5.97 Å². The van der Waals surface area contributed by atoms with Crippen molar-refractivity contribution in [1.29, 1.82) is 0 Å². The van der Waals surface area contributed by atoms with Gasteiger partial charge in [0.25, 0.3) is 0 Å². The lowest BCUT2D eigenvalue weighted by molar-refractivity contribution is -0.151. The minimum absolute atomic E-state index is 0.316. The summed E-state index contributed by atoms with van der Waals surface area (Å²) in [6.45, 7) is 7.68. The zero-order chi connectivity index (χ0) is 15.7. The zero-order valence-electron chi connectivity index (χ0n) is 12.9. The van der Waals surface area contributed by atoms with E-state index in [0.717, 1.165) is 18.5 Å². The highest BCUT2D eigenvalue weighted by Gasteiger charge is 2.22. The normalized spacial score (nSPS) is 12.0. The number of halogens is 1. The van der Waals surface area contributed by atoms with E-state index in [0.29, 0.717) is 30.3 Å². The third-order valence-corrected chi connectivity index (χ3v) is 3.19. The molecule has 118 valence electrons. The third kappa shape index (κ3) is 5.94. The van der Waals surface area contributed by atoms with Crippen molar-refractivity contribution in [2.75, 3.05) is 13.2 Å². The predicted molar refractivity (Wildman–Crippen MR) is 84.8 cm³/mol. The van der Waals surface area contributed by atoms with E-state index in [2.05, 4.69) is 5.32 Å². The second-order valence-electron chi connectivity index (χ2n) is 4.68. The monoisotopic (exact) mass is 313 g/mol. The average Bonchev–Trinajstić information content (AvgIpc) is 2.47. The van der Waals surface area contributed by atoms with Gasteiger partial charge in [0.15, 0.2) is 6.10 Å². The summed E-state index contributed by atoms with van der Waals surface area (Å²) < 4.78 is 10.9. The Balaban J connectivity index is 2.88. The maximum atomic E-state index is 11.9. The molecular weight excluding hydrogens is 290 g/mol. The topological polar surface area (TPSA) is 47.6 Å². The van der Waals surface area contributed by atoms with E-state index < -0.39 is 6.10 Å². The van der Waals surface area contributed by atoms with Crippen LogP contribution in [0.3, 0.4) is 0 Å². The fourth-order valence-electron chi connectivity index (χ4n) is 1.94. The van der Waals surface area contributed by atoms with Gasteiger partial charge in [0, 0.05) is 17.1 Å². The maximum absolute atomic E-state index is 11.9. The molecule has 1 aromatic rings. The first-order valence-corrected chi connectivity index (χ1v) is 7.82. The van der Waals surface area contributed by atoms with Crippen molar-refractivity contribution in [1.82, 2.24) is 5.32 Å². The van der Waals surface area contributed by atoms with Crippen molar-refractivity contribution < 1.29 is 14.3 Å². The van der Waals surface area contributed by atoms with Gasteiger partial charge in [-0.3, -0.25) is 0 Å². The largest absolute Gasteiger partial charge is 0.478 e. The van der Waals surface area contributed by atoms with Gasteiger partial charge in [0.1, 0.15) is 5.75 Å². The van der Waals surface area contributed by atoms with E-state index in [1.165, 1.54) is 0 Å². The van der Waals surface area contributed by atoms with Gasteiger partial charge in [-0.1, -0.05) is 31.9 Å². The maximum Gasteiger partial charge on any atom is 0.347 e. The van der Waals surface area contributed by atoms with Crippen molar-refractivity contribution >= 4 is 17.6 Å². The molecule has 1 unspecified atom stereocenters. The molecule has 0 aromatic heterocycles. The van der Waals surface area contributed by atoms with Crippen LogP contribution >= 0.6 is 11.6 Å². The van der Waals surface area contributed by atoms with E-state index >= 15 is 0 Å². The number of carbonyl (C=O) groups is 1. The molecule has 1 atom stereocenters. The molecule has 0 aliphatic carbocycles. The van der Waals surface area contributed by atoms with Gasteiger partial charge in [-0.15, -0.1) is 0 Å².